The summed E-state index contributed by atoms with van der Waals surface area (Å²) in [5.41, 5.74) is 1.39. The van der Waals surface area contributed by atoms with Gasteiger partial charge < -0.3 is 10.1 Å². The smallest absolute Gasteiger partial charge is 0.303 e. The second-order valence-electron chi connectivity index (χ2n) is 4.26. The minimum atomic E-state index is -0.943. The fraction of sp³-hybridized carbons (Fsp3) is 0.231. The SMILES string of the molecule is Cc1[nH]c2cc(Cl)cc(Cl)c2c(=O)c1CCC(=O)O. The van der Waals surface area contributed by atoms with E-state index in [1.165, 1.54) is 6.07 Å². The van der Waals surface area contributed by atoms with Crippen molar-refractivity contribution < 1.29 is 9.90 Å². The molecule has 2 aromatic rings. The molecule has 4 nitrogen and oxygen atoms in total. The zero-order chi connectivity index (χ0) is 14.2. The summed E-state index contributed by atoms with van der Waals surface area (Å²) in [6.45, 7) is 1.73. The van der Waals surface area contributed by atoms with E-state index in [1.807, 2.05) is 0 Å². The van der Waals surface area contributed by atoms with E-state index in [2.05, 4.69) is 4.98 Å². The summed E-state index contributed by atoms with van der Waals surface area (Å²) < 4.78 is 0. The molecule has 1 heterocycles. The first-order chi connectivity index (χ1) is 8.90. The predicted molar refractivity (Wildman–Crippen MR) is 75.3 cm³/mol. The normalized spacial score (nSPS) is 10.9. The molecule has 0 atom stereocenters. The average Bonchev–Trinajstić information content (AvgIpc) is 2.26. The van der Waals surface area contributed by atoms with Gasteiger partial charge in [0.15, 0.2) is 5.43 Å². The molecule has 0 amide bonds. The number of aromatic amines is 1. The van der Waals surface area contributed by atoms with Crippen LogP contribution in [0.4, 0.5) is 0 Å². The standard InChI is InChI=1S/C13H11Cl2NO3/c1-6-8(2-3-11(17)18)13(19)12-9(15)4-7(14)5-10(12)16-6/h4-5H,2-3H2,1H3,(H,16,19)(H,17,18). The maximum Gasteiger partial charge on any atom is 0.303 e. The van der Waals surface area contributed by atoms with Crippen molar-refractivity contribution in [3.8, 4) is 0 Å². The van der Waals surface area contributed by atoms with E-state index < -0.39 is 5.97 Å². The van der Waals surface area contributed by atoms with Gasteiger partial charge in [-0.3, -0.25) is 9.59 Å². The van der Waals surface area contributed by atoms with Gasteiger partial charge in [0.05, 0.1) is 15.9 Å². The number of H-pyrrole nitrogens is 1. The number of rotatable bonds is 3. The van der Waals surface area contributed by atoms with Crippen LogP contribution in [0.1, 0.15) is 17.7 Å². The molecule has 0 saturated heterocycles. The summed E-state index contributed by atoms with van der Waals surface area (Å²) in [5.74, 6) is -0.943. The van der Waals surface area contributed by atoms with Gasteiger partial charge in [-0.1, -0.05) is 23.2 Å². The van der Waals surface area contributed by atoms with Crippen molar-refractivity contribution in [3.63, 3.8) is 0 Å². The molecule has 0 bridgehead atoms. The summed E-state index contributed by atoms with van der Waals surface area (Å²) in [4.78, 5) is 26.0. The molecule has 0 aliphatic carbocycles. The highest BCUT2D eigenvalue weighted by Gasteiger charge is 2.13. The third-order valence-corrected chi connectivity index (χ3v) is 3.44. The number of carboxylic acid groups (broad SMARTS) is 1. The van der Waals surface area contributed by atoms with E-state index in [9.17, 15) is 9.59 Å². The molecule has 0 aliphatic rings. The van der Waals surface area contributed by atoms with E-state index in [-0.39, 0.29) is 23.3 Å². The number of aliphatic carboxylic acids is 1. The van der Waals surface area contributed by atoms with E-state index >= 15 is 0 Å². The second kappa shape index (κ2) is 5.23. The summed E-state index contributed by atoms with van der Waals surface area (Å²) in [6.07, 6.45) is 0.0754. The molecule has 19 heavy (non-hydrogen) atoms. The van der Waals surface area contributed by atoms with Gasteiger partial charge in [0.25, 0.3) is 0 Å². The number of halogens is 2. The lowest BCUT2D eigenvalue weighted by atomic mass is 10.0. The average molecular weight is 300 g/mol. The molecule has 0 unspecified atom stereocenters. The van der Waals surface area contributed by atoms with Gasteiger partial charge in [0, 0.05) is 22.7 Å². The number of aromatic nitrogens is 1. The number of nitrogens with one attached hydrogen (secondary N) is 1. The second-order valence-corrected chi connectivity index (χ2v) is 5.11. The summed E-state index contributed by atoms with van der Waals surface area (Å²) in [6, 6.07) is 3.12. The van der Waals surface area contributed by atoms with E-state index in [0.29, 0.717) is 27.2 Å². The number of pyridine rings is 1. The van der Waals surface area contributed by atoms with Crippen molar-refractivity contribution in [1.29, 1.82) is 0 Å². The minimum absolute atomic E-state index is 0.0966. The number of aryl methyl sites for hydroxylation is 1. The van der Waals surface area contributed by atoms with Gasteiger partial charge in [-0.25, -0.2) is 0 Å². The Morgan fingerprint density at radius 2 is 2.05 bits per heavy atom. The third-order valence-electron chi connectivity index (χ3n) is 2.92. The van der Waals surface area contributed by atoms with Crippen molar-refractivity contribution in [1.82, 2.24) is 4.98 Å². The van der Waals surface area contributed by atoms with Gasteiger partial charge in [0.1, 0.15) is 0 Å². The zero-order valence-corrected chi connectivity index (χ0v) is 11.6. The first-order valence-electron chi connectivity index (χ1n) is 5.62. The van der Waals surface area contributed by atoms with Crippen molar-refractivity contribution >= 4 is 40.1 Å². The van der Waals surface area contributed by atoms with Crippen LogP contribution in [0.15, 0.2) is 16.9 Å². The largest absolute Gasteiger partial charge is 0.481 e. The first kappa shape index (κ1) is 13.9. The van der Waals surface area contributed by atoms with Gasteiger partial charge >= 0.3 is 5.97 Å². The van der Waals surface area contributed by atoms with Crippen LogP contribution >= 0.6 is 23.2 Å². The number of hydrogen-bond acceptors (Lipinski definition) is 2. The maximum absolute atomic E-state index is 12.4. The van der Waals surface area contributed by atoms with Crippen LogP contribution < -0.4 is 5.43 Å². The molecular formula is C13H11Cl2NO3. The molecule has 2 N–H and O–H groups in total. The molecule has 0 spiro atoms. The van der Waals surface area contributed by atoms with Crippen LogP contribution in [-0.2, 0) is 11.2 Å². The molecular weight excluding hydrogens is 289 g/mol. The quantitative estimate of drug-likeness (QED) is 0.914. The molecule has 0 fully saturated rings. The molecule has 0 radical (unpaired) electrons. The fourth-order valence-corrected chi connectivity index (χ4v) is 2.61. The lowest BCUT2D eigenvalue weighted by Crippen LogP contribution is -2.15. The van der Waals surface area contributed by atoms with Crippen LogP contribution in [0.2, 0.25) is 10.0 Å². The van der Waals surface area contributed by atoms with Crippen LogP contribution in [0, 0.1) is 6.92 Å². The first-order valence-corrected chi connectivity index (χ1v) is 6.38. The fourth-order valence-electron chi connectivity index (χ4n) is 2.03. The lowest BCUT2D eigenvalue weighted by molar-refractivity contribution is -0.136. The molecule has 1 aromatic heterocycles. The Labute approximate surface area is 119 Å². The Bertz CT molecular complexity index is 722. The molecule has 6 heteroatoms. The van der Waals surface area contributed by atoms with E-state index in [4.69, 9.17) is 28.3 Å². The number of benzene rings is 1. The van der Waals surface area contributed by atoms with Crippen molar-refractivity contribution in [2.45, 2.75) is 19.8 Å². The zero-order valence-electron chi connectivity index (χ0n) is 10.1. The summed E-state index contributed by atoms with van der Waals surface area (Å²) in [7, 11) is 0. The van der Waals surface area contributed by atoms with Crippen LogP contribution in [0.25, 0.3) is 10.9 Å². The lowest BCUT2D eigenvalue weighted by Gasteiger charge is -2.08. The van der Waals surface area contributed by atoms with E-state index in [0.717, 1.165) is 0 Å². The van der Waals surface area contributed by atoms with Crippen LogP contribution in [0.5, 0.6) is 0 Å². The highest BCUT2D eigenvalue weighted by atomic mass is 35.5. The number of carbonyl (C=O) groups is 1. The Kier molecular flexibility index (Phi) is 3.83. The Hall–Kier alpha value is -1.52. The van der Waals surface area contributed by atoms with Crippen molar-refractivity contribution in [2.75, 3.05) is 0 Å². The molecule has 2 rings (SSSR count). The predicted octanol–water partition coefficient (Wildman–Crippen LogP) is 3.16. The van der Waals surface area contributed by atoms with Crippen LogP contribution in [0.3, 0.4) is 0 Å². The Morgan fingerprint density at radius 3 is 2.68 bits per heavy atom. The van der Waals surface area contributed by atoms with Gasteiger partial charge in [0.2, 0.25) is 0 Å². The monoisotopic (exact) mass is 299 g/mol. The number of hydrogen-bond donors (Lipinski definition) is 2. The highest BCUT2D eigenvalue weighted by Crippen LogP contribution is 2.25. The number of carboxylic acids is 1. The molecule has 100 valence electrons. The molecule has 0 saturated carbocycles. The van der Waals surface area contributed by atoms with Crippen molar-refractivity contribution in [3.05, 3.63) is 43.7 Å². The Morgan fingerprint density at radius 1 is 1.37 bits per heavy atom. The number of fused-ring (bicyclic) bond motifs is 1. The summed E-state index contributed by atoms with van der Waals surface area (Å²) >= 11 is 11.9. The third kappa shape index (κ3) is 2.74. The van der Waals surface area contributed by atoms with E-state index in [1.54, 1.807) is 13.0 Å². The molecule has 1 aromatic carbocycles. The summed E-state index contributed by atoms with van der Waals surface area (Å²) in [5, 5.41) is 9.75. The van der Waals surface area contributed by atoms with Crippen LogP contribution in [-0.4, -0.2) is 16.1 Å². The topological polar surface area (TPSA) is 70.2 Å². The molecule has 0 aliphatic heterocycles. The maximum atomic E-state index is 12.4. The highest BCUT2D eigenvalue weighted by molar-refractivity contribution is 6.38. The minimum Gasteiger partial charge on any atom is -0.481 e. The van der Waals surface area contributed by atoms with Gasteiger partial charge in [-0.05, 0) is 25.5 Å². The van der Waals surface area contributed by atoms with Gasteiger partial charge in [-0.2, -0.15) is 0 Å². The Balaban J connectivity index is 2.68. The van der Waals surface area contributed by atoms with Crippen molar-refractivity contribution in [2.24, 2.45) is 0 Å². The van der Waals surface area contributed by atoms with Gasteiger partial charge in [-0.15, -0.1) is 0 Å².